The Bertz CT molecular complexity index is 690. The topological polar surface area (TPSA) is 84.9 Å². The summed E-state index contributed by atoms with van der Waals surface area (Å²) >= 11 is 0. The second-order valence-corrected chi connectivity index (χ2v) is 7.55. The van der Waals surface area contributed by atoms with Crippen LogP contribution in [-0.4, -0.2) is 58.6 Å². The fourth-order valence-corrected chi connectivity index (χ4v) is 4.69. The van der Waals surface area contributed by atoms with Crippen molar-refractivity contribution < 1.29 is 22.7 Å². The van der Waals surface area contributed by atoms with Gasteiger partial charge in [0.25, 0.3) is 0 Å². The molecule has 0 unspecified atom stereocenters. The van der Waals surface area contributed by atoms with Gasteiger partial charge in [0, 0.05) is 26.3 Å². The SMILES string of the molecule is COCCNC(=O)[C@@H]1CCCN1S(=O)(=O)c1cc(OC)ccc1C. The van der Waals surface area contributed by atoms with Gasteiger partial charge in [0.1, 0.15) is 11.8 Å². The first-order valence-electron chi connectivity index (χ1n) is 7.85. The van der Waals surface area contributed by atoms with Crippen LogP contribution in [0.4, 0.5) is 0 Å². The van der Waals surface area contributed by atoms with Gasteiger partial charge in [-0.15, -0.1) is 0 Å². The average molecular weight is 356 g/mol. The standard InChI is InChI=1S/C16H24N2O5S/c1-12-6-7-13(23-3)11-15(12)24(20,21)18-9-4-5-14(18)16(19)17-8-10-22-2/h6-7,11,14H,4-5,8-10H2,1-3H3,(H,17,19)/t14-/m0/s1. The van der Waals surface area contributed by atoms with E-state index in [0.29, 0.717) is 43.9 Å². The molecule has 1 aliphatic heterocycles. The molecule has 2 rings (SSSR count). The minimum atomic E-state index is -3.77. The van der Waals surface area contributed by atoms with E-state index in [0.717, 1.165) is 0 Å². The highest BCUT2D eigenvalue weighted by Gasteiger charge is 2.39. The fourth-order valence-electron chi connectivity index (χ4n) is 2.80. The Labute approximate surface area is 143 Å². The van der Waals surface area contributed by atoms with E-state index >= 15 is 0 Å². The molecule has 134 valence electrons. The summed E-state index contributed by atoms with van der Waals surface area (Å²) in [5, 5.41) is 2.72. The Balaban J connectivity index is 2.26. The number of benzene rings is 1. The van der Waals surface area contributed by atoms with E-state index in [1.54, 1.807) is 26.2 Å². The first-order valence-corrected chi connectivity index (χ1v) is 9.29. The molecule has 1 aliphatic rings. The third kappa shape index (κ3) is 3.88. The molecule has 0 radical (unpaired) electrons. The molecule has 0 aliphatic carbocycles. The van der Waals surface area contributed by atoms with E-state index in [1.807, 2.05) is 0 Å². The molecule has 1 saturated heterocycles. The van der Waals surface area contributed by atoms with Gasteiger partial charge in [-0.1, -0.05) is 6.07 Å². The molecule has 1 aromatic carbocycles. The Morgan fingerprint density at radius 2 is 2.12 bits per heavy atom. The van der Waals surface area contributed by atoms with Crippen LogP contribution in [0.15, 0.2) is 23.1 Å². The molecule has 1 amide bonds. The van der Waals surface area contributed by atoms with Crippen LogP contribution in [0.25, 0.3) is 0 Å². The van der Waals surface area contributed by atoms with Crippen molar-refractivity contribution in [1.82, 2.24) is 9.62 Å². The summed E-state index contributed by atoms with van der Waals surface area (Å²) in [4.78, 5) is 12.5. The third-order valence-corrected chi connectivity index (χ3v) is 6.14. The van der Waals surface area contributed by atoms with Crippen molar-refractivity contribution in [1.29, 1.82) is 0 Å². The molecule has 8 heteroatoms. The van der Waals surface area contributed by atoms with Gasteiger partial charge in [0.05, 0.1) is 18.6 Å². The molecule has 0 saturated carbocycles. The number of hydrogen-bond donors (Lipinski definition) is 1. The Hall–Kier alpha value is -1.64. The third-order valence-electron chi connectivity index (χ3n) is 4.09. The minimum absolute atomic E-state index is 0.179. The van der Waals surface area contributed by atoms with E-state index < -0.39 is 16.1 Å². The number of aryl methyl sites for hydroxylation is 1. The highest BCUT2D eigenvalue weighted by Crippen LogP contribution is 2.30. The van der Waals surface area contributed by atoms with Crippen LogP contribution in [-0.2, 0) is 19.6 Å². The molecule has 0 spiro atoms. The lowest BCUT2D eigenvalue weighted by Crippen LogP contribution is -2.46. The van der Waals surface area contributed by atoms with E-state index in [9.17, 15) is 13.2 Å². The lowest BCUT2D eigenvalue weighted by Gasteiger charge is -2.24. The van der Waals surface area contributed by atoms with Gasteiger partial charge in [-0.3, -0.25) is 4.79 Å². The fraction of sp³-hybridized carbons (Fsp3) is 0.562. The number of methoxy groups -OCH3 is 2. The lowest BCUT2D eigenvalue weighted by atomic mass is 10.2. The number of amides is 1. The molecule has 0 aromatic heterocycles. The molecular weight excluding hydrogens is 332 g/mol. The Morgan fingerprint density at radius 3 is 2.79 bits per heavy atom. The summed E-state index contributed by atoms with van der Waals surface area (Å²) in [5.74, 6) is 0.188. The Morgan fingerprint density at radius 1 is 1.38 bits per heavy atom. The maximum absolute atomic E-state index is 13.0. The number of carbonyl (C=O) groups is 1. The summed E-state index contributed by atoms with van der Waals surface area (Å²) in [5.41, 5.74) is 0.626. The zero-order valence-corrected chi connectivity index (χ0v) is 15.1. The van der Waals surface area contributed by atoms with E-state index in [1.165, 1.54) is 17.5 Å². The van der Waals surface area contributed by atoms with Gasteiger partial charge in [-0.2, -0.15) is 4.31 Å². The lowest BCUT2D eigenvalue weighted by molar-refractivity contribution is -0.124. The highest BCUT2D eigenvalue weighted by atomic mass is 32.2. The van der Waals surface area contributed by atoms with E-state index in [2.05, 4.69) is 5.32 Å². The van der Waals surface area contributed by atoms with Crippen LogP contribution in [0.5, 0.6) is 5.75 Å². The normalized spacial score (nSPS) is 18.5. The zero-order chi connectivity index (χ0) is 17.7. The number of hydrogen-bond acceptors (Lipinski definition) is 5. The molecule has 1 heterocycles. The van der Waals surface area contributed by atoms with Crippen LogP contribution in [0.2, 0.25) is 0 Å². The number of carbonyl (C=O) groups excluding carboxylic acids is 1. The summed E-state index contributed by atoms with van der Waals surface area (Å²) in [6.45, 7) is 2.81. The summed E-state index contributed by atoms with van der Waals surface area (Å²) in [6.07, 6.45) is 1.17. The summed E-state index contributed by atoms with van der Waals surface area (Å²) in [7, 11) is -0.731. The first kappa shape index (κ1) is 18.7. The minimum Gasteiger partial charge on any atom is -0.497 e. The van der Waals surface area contributed by atoms with Crippen molar-refractivity contribution >= 4 is 15.9 Å². The molecule has 0 bridgehead atoms. The second kappa shape index (κ2) is 7.96. The van der Waals surface area contributed by atoms with Crippen molar-refractivity contribution in [2.45, 2.75) is 30.7 Å². The largest absolute Gasteiger partial charge is 0.497 e. The number of nitrogens with one attached hydrogen (secondary N) is 1. The number of nitrogens with zero attached hydrogens (tertiary/aromatic N) is 1. The number of rotatable bonds is 7. The maximum Gasteiger partial charge on any atom is 0.244 e. The molecule has 1 aromatic rings. The van der Waals surface area contributed by atoms with Crippen LogP contribution in [0, 0.1) is 6.92 Å². The smallest absolute Gasteiger partial charge is 0.244 e. The summed E-state index contributed by atoms with van der Waals surface area (Å²) in [6, 6.07) is 4.24. The zero-order valence-electron chi connectivity index (χ0n) is 14.2. The van der Waals surface area contributed by atoms with Crippen LogP contribution in [0.3, 0.4) is 0 Å². The first-order chi connectivity index (χ1) is 11.4. The van der Waals surface area contributed by atoms with Crippen LogP contribution in [0.1, 0.15) is 18.4 Å². The number of sulfonamides is 1. The summed E-state index contributed by atoms with van der Waals surface area (Å²) < 4.78 is 37.4. The van der Waals surface area contributed by atoms with Gasteiger partial charge in [0.15, 0.2) is 0 Å². The van der Waals surface area contributed by atoms with Crippen molar-refractivity contribution in [2.24, 2.45) is 0 Å². The van der Waals surface area contributed by atoms with Crippen molar-refractivity contribution in [3.63, 3.8) is 0 Å². The highest BCUT2D eigenvalue weighted by molar-refractivity contribution is 7.89. The van der Waals surface area contributed by atoms with Gasteiger partial charge in [0.2, 0.25) is 15.9 Å². The van der Waals surface area contributed by atoms with Gasteiger partial charge in [-0.25, -0.2) is 8.42 Å². The quantitative estimate of drug-likeness (QED) is 0.735. The van der Waals surface area contributed by atoms with Gasteiger partial charge in [-0.05, 0) is 31.4 Å². The van der Waals surface area contributed by atoms with E-state index in [4.69, 9.17) is 9.47 Å². The molecule has 1 fully saturated rings. The van der Waals surface area contributed by atoms with Crippen molar-refractivity contribution in [2.75, 3.05) is 33.9 Å². The van der Waals surface area contributed by atoms with Crippen LogP contribution < -0.4 is 10.1 Å². The monoisotopic (exact) mass is 356 g/mol. The molecule has 24 heavy (non-hydrogen) atoms. The Kier molecular flexibility index (Phi) is 6.20. The van der Waals surface area contributed by atoms with Crippen LogP contribution >= 0.6 is 0 Å². The van der Waals surface area contributed by atoms with Gasteiger partial charge >= 0.3 is 0 Å². The second-order valence-electron chi connectivity index (χ2n) is 5.69. The molecule has 1 N–H and O–H groups in total. The van der Waals surface area contributed by atoms with Crippen molar-refractivity contribution in [3.05, 3.63) is 23.8 Å². The maximum atomic E-state index is 13.0. The van der Waals surface area contributed by atoms with E-state index in [-0.39, 0.29) is 10.8 Å². The predicted molar refractivity (Wildman–Crippen MR) is 89.5 cm³/mol. The molecular formula is C16H24N2O5S. The average Bonchev–Trinajstić information content (AvgIpc) is 3.06. The molecule has 1 atom stereocenters. The number of ether oxygens (including phenoxy) is 2. The van der Waals surface area contributed by atoms with Gasteiger partial charge < -0.3 is 14.8 Å². The molecule has 7 nitrogen and oxygen atoms in total. The van der Waals surface area contributed by atoms with Crippen molar-refractivity contribution in [3.8, 4) is 5.75 Å². The predicted octanol–water partition coefficient (Wildman–Crippen LogP) is 0.919.